The van der Waals surface area contributed by atoms with Gasteiger partial charge in [0.1, 0.15) is 5.82 Å². The number of piperazine rings is 1. The first-order valence-corrected chi connectivity index (χ1v) is 12.3. The Balaban J connectivity index is 1.20. The summed E-state index contributed by atoms with van der Waals surface area (Å²) in [5.74, 6) is -0.438. The van der Waals surface area contributed by atoms with Crippen LogP contribution in [0.4, 0.5) is 4.39 Å². The maximum atomic E-state index is 13.3. The first-order valence-electron chi connectivity index (χ1n) is 12.3. The molecule has 2 aliphatic rings. The molecule has 0 unspecified atom stereocenters. The van der Waals surface area contributed by atoms with Gasteiger partial charge in [0, 0.05) is 50.5 Å². The van der Waals surface area contributed by atoms with Gasteiger partial charge in [0.2, 0.25) is 0 Å². The summed E-state index contributed by atoms with van der Waals surface area (Å²) in [6, 6.07) is 14.8. The first-order chi connectivity index (χ1) is 16.6. The molecular weight excluding hydrogens is 429 g/mol. The summed E-state index contributed by atoms with van der Waals surface area (Å²) in [4.78, 5) is 18.0. The summed E-state index contributed by atoms with van der Waals surface area (Å²) in [5.41, 5.74) is 5.71. The fraction of sp³-hybridized carbons (Fsp3) is 0.407. The summed E-state index contributed by atoms with van der Waals surface area (Å²) >= 11 is 0. The molecule has 1 fully saturated rings. The summed E-state index contributed by atoms with van der Waals surface area (Å²) in [5, 5.41) is 7.65. The highest BCUT2D eigenvalue weighted by atomic mass is 19.1. The minimum absolute atomic E-state index is 0.156. The smallest absolute Gasteiger partial charge is 0.272 e. The standard InChI is InChI=1S/C27H32FN5O/c1-2-31-14-16-32(17-15-31)19-21-8-6-20(7-9-21)18-29-27(34)26-24-4-3-5-25(24)33(30-26)23-12-10-22(28)11-13-23/h6-13H,2-5,14-19H2,1H3,(H,29,34). The fourth-order valence-electron chi connectivity index (χ4n) is 4.97. The molecule has 1 amide bonds. The van der Waals surface area contributed by atoms with Crippen molar-refractivity contribution in [2.24, 2.45) is 0 Å². The van der Waals surface area contributed by atoms with Gasteiger partial charge in [-0.25, -0.2) is 9.07 Å². The van der Waals surface area contributed by atoms with Gasteiger partial charge in [0.25, 0.3) is 5.91 Å². The predicted molar refractivity (Wildman–Crippen MR) is 131 cm³/mol. The van der Waals surface area contributed by atoms with Crippen LogP contribution in [-0.2, 0) is 25.9 Å². The second-order valence-corrected chi connectivity index (χ2v) is 9.23. The number of hydrogen-bond acceptors (Lipinski definition) is 4. The number of hydrogen-bond donors (Lipinski definition) is 1. The van der Waals surface area contributed by atoms with Crippen molar-refractivity contribution in [1.29, 1.82) is 0 Å². The Morgan fingerprint density at radius 3 is 2.32 bits per heavy atom. The Labute approximate surface area is 200 Å². The molecule has 178 valence electrons. The van der Waals surface area contributed by atoms with Gasteiger partial charge in [-0.2, -0.15) is 5.10 Å². The third-order valence-corrected chi connectivity index (χ3v) is 7.01. The molecule has 2 heterocycles. The highest BCUT2D eigenvalue weighted by Crippen LogP contribution is 2.28. The predicted octanol–water partition coefficient (Wildman–Crippen LogP) is 3.57. The molecule has 1 aliphatic heterocycles. The van der Waals surface area contributed by atoms with Gasteiger partial charge in [0.15, 0.2) is 5.69 Å². The molecule has 1 saturated heterocycles. The number of nitrogens with zero attached hydrogens (tertiary/aromatic N) is 4. The summed E-state index contributed by atoms with van der Waals surface area (Å²) in [6.45, 7) is 9.29. The van der Waals surface area contributed by atoms with Gasteiger partial charge in [-0.1, -0.05) is 31.2 Å². The topological polar surface area (TPSA) is 53.4 Å². The Morgan fingerprint density at radius 1 is 0.941 bits per heavy atom. The van der Waals surface area contributed by atoms with Gasteiger partial charge in [-0.15, -0.1) is 0 Å². The van der Waals surface area contributed by atoms with E-state index in [1.165, 1.54) is 17.7 Å². The van der Waals surface area contributed by atoms with E-state index in [4.69, 9.17) is 0 Å². The van der Waals surface area contributed by atoms with Crippen molar-refractivity contribution in [3.63, 3.8) is 0 Å². The third kappa shape index (κ3) is 4.91. The summed E-state index contributed by atoms with van der Waals surface area (Å²) in [7, 11) is 0. The van der Waals surface area contributed by atoms with E-state index in [0.717, 1.165) is 81.0 Å². The van der Waals surface area contributed by atoms with Crippen LogP contribution in [0.1, 0.15) is 46.2 Å². The second-order valence-electron chi connectivity index (χ2n) is 9.23. The highest BCUT2D eigenvalue weighted by Gasteiger charge is 2.27. The lowest BCUT2D eigenvalue weighted by Gasteiger charge is -2.34. The van der Waals surface area contributed by atoms with Crippen LogP contribution in [0.25, 0.3) is 5.69 Å². The van der Waals surface area contributed by atoms with Crippen molar-refractivity contribution < 1.29 is 9.18 Å². The number of rotatable bonds is 7. The normalized spacial score (nSPS) is 16.5. The lowest BCUT2D eigenvalue weighted by Crippen LogP contribution is -2.45. The molecule has 0 atom stereocenters. The van der Waals surface area contributed by atoms with Crippen LogP contribution in [-0.4, -0.2) is 58.2 Å². The number of aromatic nitrogens is 2. The Bertz CT molecular complexity index is 1130. The van der Waals surface area contributed by atoms with Crippen molar-refractivity contribution in [1.82, 2.24) is 24.9 Å². The van der Waals surface area contributed by atoms with E-state index < -0.39 is 0 Å². The number of benzene rings is 2. The Kier molecular flexibility index (Phi) is 6.74. The molecule has 5 rings (SSSR count). The number of likely N-dealkylation sites (N-methyl/N-ethyl adjacent to an activating group) is 1. The van der Waals surface area contributed by atoms with Gasteiger partial charge in [-0.3, -0.25) is 9.69 Å². The minimum Gasteiger partial charge on any atom is -0.347 e. The molecule has 1 aromatic heterocycles. The van der Waals surface area contributed by atoms with Crippen molar-refractivity contribution in [3.8, 4) is 5.69 Å². The van der Waals surface area contributed by atoms with E-state index in [0.29, 0.717) is 12.2 Å². The molecule has 3 aromatic rings. The van der Waals surface area contributed by atoms with Gasteiger partial charge >= 0.3 is 0 Å². The average Bonchev–Trinajstić information content (AvgIpc) is 3.48. The number of nitrogens with one attached hydrogen (secondary N) is 1. The molecule has 2 aromatic carbocycles. The van der Waals surface area contributed by atoms with E-state index in [1.54, 1.807) is 16.8 Å². The van der Waals surface area contributed by atoms with Crippen molar-refractivity contribution in [2.75, 3.05) is 32.7 Å². The van der Waals surface area contributed by atoms with Crippen LogP contribution in [0.3, 0.4) is 0 Å². The van der Waals surface area contributed by atoms with Crippen molar-refractivity contribution >= 4 is 5.91 Å². The summed E-state index contributed by atoms with van der Waals surface area (Å²) in [6.07, 6.45) is 2.73. The maximum Gasteiger partial charge on any atom is 0.272 e. The molecule has 7 heteroatoms. The fourth-order valence-corrected chi connectivity index (χ4v) is 4.97. The number of halogens is 1. The SMILES string of the molecule is CCN1CCN(Cc2ccc(CNC(=O)c3nn(-c4ccc(F)cc4)c4c3CCC4)cc2)CC1. The summed E-state index contributed by atoms with van der Waals surface area (Å²) < 4.78 is 15.1. The van der Waals surface area contributed by atoms with Crippen LogP contribution in [0, 0.1) is 5.82 Å². The van der Waals surface area contributed by atoms with E-state index in [-0.39, 0.29) is 11.7 Å². The molecule has 6 nitrogen and oxygen atoms in total. The van der Waals surface area contributed by atoms with Crippen molar-refractivity contribution in [2.45, 2.75) is 39.3 Å². The highest BCUT2D eigenvalue weighted by molar-refractivity contribution is 5.94. The van der Waals surface area contributed by atoms with E-state index in [9.17, 15) is 9.18 Å². The minimum atomic E-state index is -0.282. The lowest BCUT2D eigenvalue weighted by molar-refractivity contribution is 0.0944. The molecule has 0 bridgehead atoms. The largest absolute Gasteiger partial charge is 0.347 e. The number of carbonyl (C=O) groups excluding carboxylic acids is 1. The van der Waals surface area contributed by atoms with Gasteiger partial charge in [0.05, 0.1) is 5.69 Å². The molecule has 1 aliphatic carbocycles. The first kappa shape index (κ1) is 22.7. The van der Waals surface area contributed by atoms with Crippen LogP contribution < -0.4 is 5.32 Å². The maximum absolute atomic E-state index is 13.3. The van der Waals surface area contributed by atoms with Gasteiger partial charge in [-0.05, 0) is 61.2 Å². The van der Waals surface area contributed by atoms with E-state index in [2.05, 4.69) is 51.4 Å². The molecule has 0 spiro atoms. The molecule has 0 saturated carbocycles. The van der Waals surface area contributed by atoms with E-state index >= 15 is 0 Å². The average molecular weight is 462 g/mol. The molecule has 34 heavy (non-hydrogen) atoms. The monoisotopic (exact) mass is 461 g/mol. The van der Waals surface area contributed by atoms with Crippen molar-refractivity contribution in [3.05, 3.63) is 82.4 Å². The van der Waals surface area contributed by atoms with Crippen LogP contribution in [0.5, 0.6) is 0 Å². The molecule has 1 N–H and O–H groups in total. The zero-order chi connectivity index (χ0) is 23.5. The quantitative estimate of drug-likeness (QED) is 0.585. The van der Waals surface area contributed by atoms with Crippen LogP contribution in [0.15, 0.2) is 48.5 Å². The van der Waals surface area contributed by atoms with Crippen LogP contribution in [0.2, 0.25) is 0 Å². The Hall–Kier alpha value is -3.03. The Morgan fingerprint density at radius 2 is 1.62 bits per heavy atom. The number of carbonyl (C=O) groups is 1. The van der Waals surface area contributed by atoms with Crippen LogP contribution >= 0.6 is 0 Å². The third-order valence-electron chi connectivity index (χ3n) is 7.01. The molecular formula is C27H32FN5O. The lowest BCUT2D eigenvalue weighted by atomic mass is 10.1. The zero-order valence-electron chi connectivity index (χ0n) is 19.8. The zero-order valence-corrected chi connectivity index (χ0v) is 19.8. The molecule has 0 radical (unpaired) electrons. The number of fused-ring (bicyclic) bond motifs is 1. The number of amides is 1. The second kappa shape index (κ2) is 10.1. The van der Waals surface area contributed by atoms with E-state index in [1.807, 2.05) is 0 Å². The van der Waals surface area contributed by atoms with Gasteiger partial charge < -0.3 is 10.2 Å².